The molecule has 1 N–H and O–H groups in total. The van der Waals surface area contributed by atoms with Crippen LogP contribution in [-0.4, -0.2) is 55.4 Å². The van der Waals surface area contributed by atoms with E-state index in [2.05, 4.69) is 47.5 Å². The molecule has 3 atom stereocenters. The third-order valence-corrected chi connectivity index (χ3v) is 10.8. The number of hydrogen-bond donors (Lipinski definition) is 1. The molecule has 4 aliphatic rings. The van der Waals surface area contributed by atoms with Gasteiger partial charge in [-0.05, 0) is 105 Å². The van der Waals surface area contributed by atoms with Crippen LogP contribution < -0.4 is 14.8 Å². The highest BCUT2D eigenvalue weighted by Crippen LogP contribution is 2.42. The lowest BCUT2D eigenvalue weighted by molar-refractivity contribution is -0.129. The summed E-state index contributed by atoms with van der Waals surface area (Å²) in [4.78, 5) is 16.9. The third-order valence-electron chi connectivity index (χ3n) is 10.4. The van der Waals surface area contributed by atoms with Gasteiger partial charge in [0, 0.05) is 49.0 Å². The Kier molecular flexibility index (Phi) is 10.3. The summed E-state index contributed by atoms with van der Waals surface area (Å²) in [5, 5.41) is 3.63. The highest BCUT2D eigenvalue weighted by atomic mass is 35.5. The minimum absolute atomic E-state index is 0.0123. The molecule has 260 valence electrons. The monoisotopic (exact) mass is 690 g/mol. The van der Waals surface area contributed by atoms with E-state index in [0.29, 0.717) is 31.0 Å². The predicted octanol–water partition coefficient (Wildman–Crippen LogP) is 8.21. The number of nitrogens with zero attached hydrogens (tertiary/aromatic N) is 1. The number of fused-ring (bicyclic) bond motifs is 2. The van der Waals surface area contributed by atoms with E-state index >= 15 is 0 Å². The molecule has 3 unspecified atom stereocenters. The number of halogens is 3. The van der Waals surface area contributed by atoms with E-state index in [4.69, 9.17) is 25.8 Å². The van der Waals surface area contributed by atoms with Crippen molar-refractivity contribution in [2.45, 2.75) is 95.5 Å². The molecule has 6 nitrogen and oxygen atoms in total. The van der Waals surface area contributed by atoms with Crippen LogP contribution in [0.5, 0.6) is 11.5 Å². The highest BCUT2D eigenvalue weighted by molar-refractivity contribution is 6.32. The Labute approximate surface area is 292 Å². The number of carbonyl (C=O) groups is 1. The second-order valence-electron chi connectivity index (χ2n) is 14.1. The Morgan fingerprint density at radius 3 is 2.55 bits per heavy atom. The molecular formula is C40H45ClF2N2O4. The molecule has 0 aromatic heterocycles. The van der Waals surface area contributed by atoms with Crippen LogP contribution in [0.25, 0.3) is 5.57 Å². The largest absolute Gasteiger partial charge is 0.496 e. The van der Waals surface area contributed by atoms with E-state index in [0.717, 1.165) is 109 Å². The van der Waals surface area contributed by atoms with Crippen molar-refractivity contribution in [3.05, 3.63) is 99.1 Å². The topological polar surface area (TPSA) is 60.0 Å². The van der Waals surface area contributed by atoms with Gasteiger partial charge in [0.2, 0.25) is 0 Å². The van der Waals surface area contributed by atoms with E-state index in [9.17, 15) is 13.6 Å². The van der Waals surface area contributed by atoms with E-state index in [1.165, 1.54) is 0 Å². The van der Waals surface area contributed by atoms with Crippen LogP contribution in [0.2, 0.25) is 5.02 Å². The molecule has 7 rings (SSSR count). The average molecular weight is 691 g/mol. The summed E-state index contributed by atoms with van der Waals surface area (Å²) in [6.07, 6.45) is 8.90. The molecule has 1 saturated heterocycles. The molecule has 2 aliphatic carbocycles. The van der Waals surface area contributed by atoms with E-state index in [-0.39, 0.29) is 35.4 Å². The normalized spacial score (nSPS) is 21.9. The standard InChI is InChI=1S/C40H45ClF2N2O4/c1-24-28(6-3-7-36(24)47-2)22-45(31-12-13-31)40(46)38-33(21-30-17-26(18-35(38)44-30)23-49-32-14-15-32)27-10-8-25(9-11-27)5-4-16-48-37-20-29(42)19-34(43)39(37)41/h3,6-11,19-20,26,30-32,35,44H,4-5,12-18,21-23H2,1-2H3. The van der Waals surface area contributed by atoms with Gasteiger partial charge < -0.3 is 24.4 Å². The number of benzene rings is 3. The molecule has 9 heteroatoms. The van der Waals surface area contributed by atoms with Crippen molar-refractivity contribution in [3.63, 3.8) is 0 Å². The van der Waals surface area contributed by atoms with Crippen molar-refractivity contribution in [3.8, 4) is 11.5 Å². The number of aryl methyl sites for hydroxylation is 1. The first-order chi connectivity index (χ1) is 23.8. The fourth-order valence-electron chi connectivity index (χ4n) is 7.47. The summed E-state index contributed by atoms with van der Waals surface area (Å²) in [5.74, 6) is -0.142. The molecule has 2 bridgehead atoms. The van der Waals surface area contributed by atoms with Gasteiger partial charge in [0.05, 0.1) is 19.8 Å². The molecule has 0 radical (unpaired) electrons. The SMILES string of the molecule is COc1cccc(CN(C(=O)C2=C(c3ccc(CCCOc4cc(F)cc(F)c4Cl)cc3)CC3CC(COC4CC4)CC2N3)C2CC2)c1C. The summed E-state index contributed by atoms with van der Waals surface area (Å²) < 4.78 is 44.8. The lowest BCUT2D eigenvalue weighted by Crippen LogP contribution is -2.53. The predicted molar refractivity (Wildman–Crippen MR) is 187 cm³/mol. The van der Waals surface area contributed by atoms with Crippen LogP contribution in [0.3, 0.4) is 0 Å². The molecule has 2 aliphatic heterocycles. The molecule has 2 heterocycles. The molecule has 0 spiro atoms. The van der Waals surface area contributed by atoms with Crippen LogP contribution in [-0.2, 0) is 22.5 Å². The fraction of sp³-hybridized carbons (Fsp3) is 0.475. The minimum Gasteiger partial charge on any atom is -0.496 e. The Hall–Kier alpha value is -3.46. The maximum absolute atomic E-state index is 14.8. The summed E-state index contributed by atoms with van der Waals surface area (Å²) in [7, 11) is 1.69. The van der Waals surface area contributed by atoms with Crippen molar-refractivity contribution in [2.75, 3.05) is 20.3 Å². The number of hydrogen-bond acceptors (Lipinski definition) is 5. The third kappa shape index (κ3) is 7.97. The number of piperidine rings is 1. The maximum Gasteiger partial charge on any atom is 0.252 e. The van der Waals surface area contributed by atoms with E-state index in [1.54, 1.807) is 7.11 Å². The zero-order chi connectivity index (χ0) is 34.1. The number of methoxy groups -OCH3 is 1. The Balaban J connectivity index is 1.11. The van der Waals surface area contributed by atoms with Crippen LogP contribution in [0.4, 0.5) is 8.78 Å². The number of amides is 1. The average Bonchev–Trinajstić information content (AvgIpc) is 4.03. The van der Waals surface area contributed by atoms with Crippen molar-refractivity contribution in [1.82, 2.24) is 10.2 Å². The summed E-state index contributed by atoms with van der Waals surface area (Å²) in [5.41, 5.74) is 6.44. The number of rotatable bonds is 14. The molecular weight excluding hydrogens is 646 g/mol. The molecule has 1 amide bonds. The smallest absolute Gasteiger partial charge is 0.252 e. The van der Waals surface area contributed by atoms with Gasteiger partial charge >= 0.3 is 0 Å². The summed E-state index contributed by atoms with van der Waals surface area (Å²) >= 11 is 5.95. The molecule has 3 aromatic carbocycles. The van der Waals surface area contributed by atoms with Gasteiger partial charge in [-0.3, -0.25) is 4.79 Å². The fourth-order valence-corrected chi connectivity index (χ4v) is 7.63. The Morgan fingerprint density at radius 1 is 1.02 bits per heavy atom. The van der Waals surface area contributed by atoms with E-state index < -0.39 is 11.6 Å². The first-order valence-corrected chi connectivity index (χ1v) is 18.1. The number of ether oxygens (including phenoxy) is 3. The number of nitrogens with one attached hydrogen (secondary N) is 1. The molecule has 3 aromatic rings. The Morgan fingerprint density at radius 2 is 1.82 bits per heavy atom. The van der Waals surface area contributed by atoms with Gasteiger partial charge in [-0.25, -0.2) is 8.78 Å². The highest BCUT2D eigenvalue weighted by Gasteiger charge is 2.43. The van der Waals surface area contributed by atoms with Gasteiger partial charge in [0.1, 0.15) is 28.2 Å². The summed E-state index contributed by atoms with van der Waals surface area (Å²) in [6.45, 7) is 3.67. The first-order valence-electron chi connectivity index (χ1n) is 17.7. The second-order valence-corrected chi connectivity index (χ2v) is 14.5. The van der Waals surface area contributed by atoms with Crippen LogP contribution in [0, 0.1) is 24.5 Å². The molecule has 2 saturated carbocycles. The zero-order valence-corrected chi connectivity index (χ0v) is 29.0. The second kappa shape index (κ2) is 14.8. The van der Waals surface area contributed by atoms with Gasteiger partial charge in [0.25, 0.3) is 5.91 Å². The Bertz CT molecular complexity index is 1710. The molecule has 3 fully saturated rings. The van der Waals surface area contributed by atoms with E-state index in [1.807, 2.05) is 12.1 Å². The lowest BCUT2D eigenvalue weighted by Gasteiger charge is -2.43. The summed E-state index contributed by atoms with van der Waals surface area (Å²) in [6, 6.07) is 16.9. The van der Waals surface area contributed by atoms with Gasteiger partial charge in [-0.15, -0.1) is 0 Å². The van der Waals surface area contributed by atoms with Gasteiger partial charge in [-0.2, -0.15) is 0 Å². The zero-order valence-electron chi connectivity index (χ0n) is 28.3. The minimum atomic E-state index is -0.834. The van der Waals surface area contributed by atoms with Crippen molar-refractivity contribution in [2.24, 2.45) is 5.92 Å². The van der Waals surface area contributed by atoms with Crippen LogP contribution >= 0.6 is 11.6 Å². The van der Waals surface area contributed by atoms with Gasteiger partial charge in [0.15, 0.2) is 0 Å². The number of carbonyl (C=O) groups excluding carboxylic acids is 1. The maximum atomic E-state index is 14.8. The van der Waals surface area contributed by atoms with Crippen molar-refractivity contribution >= 4 is 23.1 Å². The van der Waals surface area contributed by atoms with Crippen molar-refractivity contribution in [1.29, 1.82) is 0 Å². The van der Waals surface area contributed by atoms with Crippen molar-refractivity contribution < 1.29 is 27.8 Å². The quantitative estimate of drug-likeness (QED) is 0.137. The van der Waals surface area contributed by atoms with Crippen LogP contribution in [0.1, 0.15) is 73.6 Å². The lowest BCUT2D eigenvalue weighted by atomic mass is 9.75. The van der Waals surface area contributed by atoms with Crippen LogP contribution in [0.15, 0.2) is 60.2 Å². The molecule has 49 heavy (non-hydrogen) atoms. The first kappa shape index (κ1) is 34.0. The van der Waals surface area contributed by atoms with Gasteiger partial charge in [-0.1, -0.05) is 48.0 Å².